The lowest BCUT2D eigenvalue weighted by Crippen LogP contribution is -2.39. The van der Waals surface area contributed by atoms with Crippen molar-refractivity contribution in [3.8, 4) is 0 Å². The number of benzene rings is 1. The van der Waals surface area contributed by atoms with E-state index in [1.807, 2.05) is 12.1 Å². The van der Waals surface area contributed by atoms with E-state index >= 15 is 0 Å². The molecule has 0 unspecified atom stereocenters. The Hall–Kier alpha value is -1.77. The Balaban J connectivity index is 1.60. The number of hydrogen-bond donors (Lipinski definition) is 1. The van der Waals surface area contributed by atoms with Gasteiger partial charge in [-0.3, -0.25) is 4.68 Å². The monoisotopic (exact) mass is 258 g/mol. The molecular formula is C16H19FN2. The van der Waals surface area contributed by atoms with E-state index in [1.165, 1.54) is 17.0 Å². The minimum absolute atomic E-state index is 0.156. The first-order valence-corrected chi connectivity index (χ1v) is 6.80. The number of halogens is 1. The Morgan fingerprint density at radius 3 is 2.16 bits per heavy atom. The molecule has 0 bridgehead atoms. The molecule has 0 radical (unpaired) electrons. The third-order valence-electron chi connectivity index (χ3n) is 4.06. The average Bonchev–Trinajstić information content (AvgIpc) is 2.66. The van der Waals surface area contributed by atoms with Gasteiger partial charge in [0.2, 0.25) is 0 Å². The molecule has 3 rings (SSSR count). The van der Waals surface area contributed by atoms with Gasteiger partial charge in [0.15, 0.2) is 0 Å². The van der Waals surface area contributed by atoms with E-state index in [9.17, 15) is 4.39 Å². The lowest BCUT2D eigenvalue weighted by Gasteiger charge is -2.37. The molecule has 1 fully saturated rings. The quantitative estimate of drug-likeness (QED) is 0.887. The molecular weight excluding hydrogens is 239 g/mol. The van der Waals surface area contributed by atoms with Gasteiger partial charge in [-0.2, -0.15) is 0 Å². The summed E-state index contributed by atoms with van der Waals surface area (Å²) < 4.78 is 15.0. The first kappa shape index (κ1) is 12.3. The molecule has 1 aliphatic carbocycles. The lowest BCUT2D eigenvalue weighted by molar-refractivity contribution is 0.350. The van der Waals surface area contributed by atoms with Crippen molar-refractivity contribution in [3.05, 3.63) is 59.2 Å². The molecule has 2 nitrogen and oxygen atoms in total. The molecule has 100 valence electrons. The van der Waals surface area contributed by atoms with Crippen LogP contribution in [0.4, 0.5) is 4.39 Å². The Bertz CT molecular complexity index is 545. The molecule has 2 aromatic rings. The van der Waals surface area contributed by atoms with Crippen LogP contribution in [0.5, 0.6) is 0 Å². The van der Waals surface area contributed by atoms with Crippen molar-refractivity contribution in [3.63, 3.8) is 0 Å². The third kappa shape index (κ3) is 2.37. The zero-order valence-corrected chi connectivity index (χ0v) is 11.4. The molecule has 3 heteroatoms. The molecule has 1 N–H and O–H groups in total. The van der Waals surface area contributed by atoms with E-state index in [1.54, 1.807) is 12.1 Å². The Kier molecular flexibility index (Phi) is 3.05. The molecule has 1 aromatic carbocycles. The molecule has 1 aromatic heterocycles. The van der Waals surface area contributed by atoms with Crippen LogP contribution in [0.3, 0.4) is 0 Å². The van der Waals surface area contributed by atoms with Gasteiger partial charge in [-0.1, -0.05) is 12.1 Å². The normalized spacial score (nSPS) is 22.1. The summed E-state index contributed by atoms with van der Waals surface area (Å²) >= 11 is 0. The maximum Gasteiger partial charge on any atom is 0.123 e. The lowest BCUT2D eigenvalue weighted by atomic mass is 9.76. The summed E-state index contributed by atoms with van der Waals surface area (Å²) in [5.41, 5.74) is 7.28. The summed E-state index contributed by atoms with van der Waals surface area (Å²) in [5.74, 6) is 0.408. The molecule has 1 heterocycles. The van der Waals surface area contributed by atoms with Crippen LogP contribution < -0.4 is 5.43 Å². The highest BCUT2D eigenvalue weighted by atomic mass is 19.1. The zero-order valence-electron chi connectivity index (χ0n) is 11.4. The summed E-state index contributed by atoms with van der Waals surface area (Å²) in [4.78, 5) is 0. The predicted molar refractivity (Wildman–Crippen MR) is 75.4 cm³/mol. The van der Waals surface area contributed by atoms with Crippen LogP contribution in [-0.4, -0.2) is 10.7 Å². The van der Waals surface area contributed by atoms with Crippen LogP contribution in [0.15, 0.2) is 36.4 Å². The van der Waals surface area contributed by atoms with Gasteiger partial charge in [-0.05, 0) is 62.4 Å². The van der Waals surface area contributed by atoms with Gasteiger partial charge in [-0.15, -0.1) is 0 Å². The standard InChI is InChI=1S/C16H19FN2/c1-11-3-4-12(2)19(11)18-16-9-14(10-16)13-5-7-15(17)8-6-13/h3-8,14,16,18H,9-10H2,1-2H3. The molecule has 1 saturated carbocycles. The van der Waals surface area contributed by atoms with Crippen molar-refractivity contribution in [2.24, 2.45) is 0 Å². The van der Waals surface area contributed by atoms with Gasteiger partial charge in [0, 0.05) is 17.4 Å². The SMILES string of the molecule is Cc1ccc(C)n1NC1CC(c2ccc(F)cc2)C1. The van der Waals surface area contributed by atoms with E-state index in [0.29, 0.717) is 12.0 Å². The average molecular weight is 258 g/mol. The van der Waals surface area contributed by atoms with Crippen molar-refractivity contribution >= 4 is 0 Å². The molecule has 0 atom stereocenters. The minimum Gasteiger partial charge on any atom is -0.323 e. The number of hydrogen-bond acceptors (Lipinski definition) is 1. The number of aryl methyl sites for hydroxylation is 2. The van der Waals surface area contributed by atoms with Crippen LogP contribution in [0.25, 0.3) is 0 Å². The van der Waals surface area contributed by atoms with E-state index in [0.717, 1.165) is 12.8 Å². The van der Waals surface area contributed by atoms with E-state index in [-0.39, 0.29) is 5.82 Å². The largest absolute Gasteiger partial charge is 0.323 e. The summed E-state index contributed by atoms with van der Waals surface area (Å²) in [6.07, 6.45) is 2.23. The smallest absolute Gasteiger partial charge is 0.123 e. The van der Waals surface area contributed by atoms with Gasteiger partial charge in [0.05, 0.1) is 0 Å². The second-order valence-corrected chi connectivity index (χ2v) is 5.50. The fourth-order valence-electron chi connectivity index (χ4n) is 2.79. The van der Waals surface area contributed by atoms with E-state index < -0.39 is 0 Å². The topological polar surface area (TPSA) is 17.0 Å². The Morgan fingerprint density at radius 1 is 1.00 bits per heavy atom. The summed E-state index contributed by atoms with van der Waals surface area (Å²) in [6.45, 7) is 4.21. The Morgan fingerprint density at radius 2 is 1.58 bits per heavy atom. The summed E-state index contributed by atoms with van der Waals surface area (Å²) in [7, 11) is 0. The first-order valence-electron chi connectivity index (χ1n) is 6.80. The van der Waals surface area contributed by atoms with Crippen molar-refractivity contribution < 1.29 is 4.39 Å². The van der Waals surface area contributed by atoms with Gasteiger partial charge in [0.25, 0.3) is 0 Å². The number of nitrogens with zero attached hydrogens (tertiary/aromatic N) is 1. The van der Waals surface area contributed by atoms with E-state index in [2.05, 4.69) is 36.1 Å². The van der Waals surface area contributed by atoms with Crippen molar-refractivity contribution in [1.29, 1.82) is 0 Å². The molecule has 0 spiro atoms. The summed E-state index contributed by atoms with van der Waals surface area (Å²) in [6, 6.07) is 11.7. The Labute approximate surface area is 113 Å². The van der Waals surface area contributed by atoms with Crippen LogP contribution in [0.1, 0.15) is 35.7 Å². The molecule has 0 saturated heterocycles. The van der Waals surface area contributed by atoms with Crippen LogP contribution in [0.2, 0.25) is 0 Å². The maximum atomic E-state index is 12.9. The second-order valence-electron chi connectivity index (χ2n) is 5.50. The number of nitrogens with one attached hydrogen (secondary N) is 1. The summed E-state index contributed by atoms with van der Waals surface area (Å²) in [5, 5.41) is 0. The van der Waals surface area contributed by atoms with Gasteiger partial charge < -0.3 is 5.43 Å². The highest BCUT2D eigenvalue weighted by Crippen LogP contribution is 2.37. The molecule has 1 aliphatic rings. The molecule has 19 heavy (non-hydrogen) atoms. The van der Waals surface area contributed by atoms with Crippen molar-refractivity contribution in [2.75, 3.05) is 5.43 Å². The molecule has 0 aliphatic heterocycles. The van der Waals surface area contributed by atoms with Crippen LogP contribution in [0, 0.1) is 19.7 Å². The van der Waals surface area contributed by atoms with E-state index in [4.69, 9.17) is 0 Å². The van der Waals surface area contributed by atoms with Crippen LogP contribution in [-0.2, 0) is 0 Å². The fraction of sp³-hybridized carbons (Fsp3) is 0.375. The highest BCUT2D eigenvalue weighted by Gasteiger charge is 2.30. The van der Waals surface area contributed by atoms with Gasteiger partial charge in [0.1, 0.15) is 5.82 Å². The second kappa shape index (κ2) is 4.72. The molecule has 0 amide bonds. The van der Waals surface area contributed by atoms with Crippen LogP contribution >= 0.6 is 0 Å². The van der Waals surface area contributed by atoms with Crippen molar-refractivity contribution in [1.82, 2.24) is 4.68 Å². The number of rotatable bonds is 3. The first-order chi connectivity index (χ1) is 9.13. The third-order valence-corrected chi connectivity index (χ3v) is 4.06. The van der Waals surface area contributed by atoms with Crippen molar-refractivity contribution in [2.45, 2.75) is 38.6 Å². The van der Waals surface area contributed by atoms with Gasteiger partial charge >= 0.3 is 0 Å². The zero-order chi connectivity index (χ0) is 13.4. The number of aromatic nitrogens is 1. The fourth-order valence-corrected chi connectivity index (χ4v) is 2.79. The maximum absolute atomic E-state index is 12.9. The van der Waals surface area contributed by atoms with Gasteiger partial charge in [-0.25, -0.2) is 4.39 Å². The predicted octanol–water partition coefficient (Wildman–Crippen LogP) is 3.73. The minimum atomic E-state index is -0.156. The highest BCUT2D eigenvalue weighted by molar-refractivity contribution is 5.25.